The van der Waals surface area contributed by atoms with Crippen molar-refractivity contribution < 1.29 is 9.59 Å². The largest absolute Gasteiger partial charge is 0.269 e. The number of amides is 2. The molecule has 0 fully saturated rings. The van der Waals surface area contributed by atoms with E-state index in [0.29, 0.717) is 16.2 Å². The van der Waals surface area contributed by atoms with Gasteiger partial charge in [0.2, 0.25) is 0 Å². The average molecular weight is 248 g/mol. The highest BCUT2D eigenvalue weighted by Gasteiger charge is 2.41. The van der Waals surface area contributed by atoms with Gasteiger partial charge in [0.1, 0.15) is 0 Å². The lowest BCUT2D eigenvalue weighted by atomic mass is 10.1. The van der Waals surface area contributed by atoms with Gasteiger partial charge in [-0.25, -0.2) is 0 Å². The molecule has 0 aromatic heterocycles. The molecular formula is C13H10ClNO2. The number of carbonyl (C=O) groups is 2. The molecule has 3 rings (SSSR count). The van der Waals surface area contributed by atoms with Crippen molar-refractivity contribution in [1.82, 2.24) is 4.90 Å². The summed E-state index contributed by atoms with van der Waals surface area (Å²) in [6.45, 7) is 0. The summed E-state index contributed by atoms with van der Waals surface area (Å²) < 4.78 is 0. The van der Waals surface area contributed by atoms with Gasteiger partial charge in [0.05, 0.1) is 17.2 Å². The maximum absolute atomic E-state index is 12.2. The number of carbonyl (C=O) groups excluding carboxylic acids is 2. The molecule has 2 aliphatic rings. The number of halogens is 1. The van der Waals surface area contributed by atoms with Gasteiger partial charge in [0.15, 0.2) is 0 Å². The Labute approximate surface area is 104 Å². The van der Waals surface area contributed by atoms with Crippen molar-refractivity contribution in [2.45, 2.75) is 18.9 Å². The molecule has 2 amide bonds. The molecule has 3 nitrogen and oxygen atoms in total. The van der Waals surface area contributed by atoms with Crippen LogP contribution < -0.4 is 0 Å². The van der Waals surface area contributed by atoms with E-state index in [1.165, 1.54) is 4.90 Å². The van der Waals surface area contributed by atoms with Gasteiger partial charge in [0, 0.05) is 5.03 Å². The molecule has 1 aromatic rings. The van der Waals surface area contributed by atoms with Crippen LogP contribution in [0.15, 0.2) is 35.4 Å². The highest BCUT2D eigenvalue weighted by atomic mass is 35.5. The van der Waals surface area contributed by atoms with Crippen molar-refractivity contribution in [2.75, 3.05) is 0 Å². The van der Waals surface area contributed by atoms with Crippen LogP contribution in [0.2, 0.25) is 0 Å². The molecule has 17 heavy (non-hydrogen) atoms. The zero-order valence-corrected chi connectivity index (χ0v) is 9.78. The third kappa shape index (κ3) is 1.42. The molecule has 4 heteroatoms. The van der Waals surface area contributed by atoms with Gasteiger partial charge in [-0.2, -0.15) is 0 Å². The molecule has 0 saturated carbocycles. The molecule has 1 aliphatic carbocycles. The average Bonchev–Trinajstić information content (AvgIpc) is 2.84. The summed E-state index contributed by atoms with van der Waals surface area (Å²) in [7, 11) is 0. The van der Waals surface area contributed by atoms with Gasteiger partial charge in [0.25, 0.3) is 11.8 Å². The van der Waals surface area contributed by atoms with Crippen LogP contribution in [0.3, 0.4) is 0 Å². The molecule has 0 spiro atoms. The number of rotatable bonds is 1. The minimum absolute atomic E-state index is 0.232. The van der Waals surface area contributed by atoms with Crippen LogP contribution >= 0.6 is 11.6 Å². The van der Waals surface area contributed by atoms with Gasteiger partial charge in [-0.05, 0) is 25.0 Å². The van der Waals surface area contributed by atoms with Crippen LogP contribution in [0, 0.1) is 0 Å². The Morgan fingerprint density at radius 3 is 2.18 bits per heavy atom. The number of hydrogen-bond acceptors (Lipinski definition) is 2. The lowest BCUT2D eigenvalue weighted by molar-refractivity contribution is 0.0612. The SMILES string of the molecule is O=C1c2ccccc2C(=O)N1[C@H]1CCC=C1Cl. The third-order valence-electron chi connectivity index (χ3n) is 3.23. The van der Waals surface area contributed by atoms with Crippen LogP contribution in [-0.4, -0.2) is 22.8 Å². The first kappa shape index (κ1) is 10.5. The van der Waals surface area contributed by atoms with E-state index in [-0.39, 0.29) is 17.9 Å². The second-order valence-corrected chi connectivity index (χ2v) is 4.64. The van der Waals surface area contributed by atoms with Crippen molar-refractivity contribution in [2.24, 2.45) is 0 Å². The molecule has 0 N–H and O–H groups in total. The summed E-state index contributed by atoms with van der Waals surface area (Å²) in [6, 6.07) is 6.62. The monoisotopic (exact) mass is 247 g/mol. The van der Waals surface area contributed by atoms with Crippen LogP contribution in [0.4, 0.5) is 0 Å². The van der Waals surface area contributed by atoms with Crippen LogP contribution in [0.1, 0.15) is 33.6 Å². The van der Waals surface area contributed by atoms with Gasteiger partial charge < -0.3 is 0 Å². The molecule has 0 bridgehead atoms. The fraction of sp³-hybridized carbons (Fsp3) is 0.231. The lowest BCUT2D eigenvalue weighted by Gasteiger charge is -2.22. The first-order valence-corrected chi connectivity index (χ1v) is 5.90. The fourth-order valence-corrected chi connectivity index (χ4v) is 2.71. The van der Waals surface area contributed by atoms with Crippen molar-refractivity contribution in [3.8, 4) is 0 Å². The Balaban J connectivity index is 2.04. The lowest BCUT2D eigenvalue weighted by Crippen LogP contribution is -2.38. The zero-order valence-electron chi connectivity index (χ0n) is 9.02. The van der Waals surface area contributed by atoms with Crippen LogP contribution in [0.5, 0.6) is 0 Å². The predicted octanol–water partition coefficient (Wildman–Crippen LogP) is 2.57. The summed E-state index contributed by atoms with van der Waals surface area (Å²) in [5.74, 6) is -0.465. The van der Waals surface area contributed by atoms with Crippen LogP contribution in [0.25, 0.3) is 0 Å². The summed E-state index contributed by atoms with van der Waals surface area (Å²) in [4.78, 5) is 25.6. The fourth-order valence-electron chi connectivity index (χ4n) is 2.40. The Morgan fingerprint density at radius 1 is 1.12 bits per heavy atom. The van der Waals surface area contributed by atoms with Crippen molar-refractivity contribution in [3.63, 3.8) is 0 Å². The molecular weight excluding hydrogens is 238 g/mol. The number of imide groups is 1. The van der Waals surface area contributed by atoms with E-state index in [0.717, 1.165) is 12.8 Å². The highest BCUT2D eigenvalue weighted by Crippen LogP contribution is 2.33. The quantitative estimate of drug-likeness (QED) is 0.716. The Hall–Kier alpha value is -1.61. The van der Waals surface area contributed by atoms with E-state index < -0.39 is 0 Å². The smallest absolute Gasteiger partial charge is 0.262 e. The van der Waals surface area contributed by atoms with Gasteiger partial charge in [-0.1, -0.05) is 29.8 Å². The molecule has 1 atom stereocenters. The highest BCUT2D eigenvalue weighted by molar-refractivity contribution is 6.31. The maximum atomic E-state index is 12.2. The van der Waals surface area contributed by atoms with Gasteiger partial charge in [-0.15, -0.1) is 0 Å². The molecule has 86 valence electrons. The van der Waals surface area contributed by atoms with E-state index in [9.17, 15) is 9.59 Å². The Kier molecular flexibility index (Phi) is 2.30. The zero-order chi connectivity index (χ0) is 12.0. The minimum Gasteiger partial charge on any atom is -0.269 e. The first-order valence-electron chi connectivity index (χ1n) is 5.52. The van der Waals surface area contributed by atoms with Gasteiger partial charge in [-0.3, -0.25) is 14.5 Å². The molecule has 0 radical (unpaired) electrons. The number of fused-ring (bicyclic) bond motifs is 1. The van der Waals surface area contributed by atoms with Gasteiger partial charge >= 0.3 is 0 Å². The third-order valence-corrected chi connectivity index (χ3v) is 3.64. The topological polar surface area (TPSA) is 37.4 Å². The van der Waals surface area contributed by atoms with E-state index >= 15 is 0 Å². The molecule has 1 aliphatic heterocycles. The molecule has 1 heterocycles. The number of benzene rings is 1. The van der Waals surface area contributed by atoms with Crippen molar-refractivity contribution >= 4 is 23.4 Å². The Bertz CT molecular complexity index is 515. The van der Waals surface area contributed by atoms with Crippen LogP contribution in [-0.2, 0) is 0 Å². The summed E-state index contributed by atoms with van der Waals surface area (Å²) in [5.41, 5.74) is 0.961. The van der Waals surface area contributed by atoms with Crippen molar-refractivity contribution in [3.05, 3.63) is 46.5 Å². The van der Waals surface area contributed by atoms with E-state index in [2.05, 4.69) is 0 Å². The van der Waals surface area contributed by atoms with E-state index in [4.69, 9.17) is 11.6 Å². The number of hydrogen-bond donors (Lipinski definition) is 0. The summed E-state index contributed by atoms with van der Waals surface area (Å²) in [5, 5.41) is 0.597. The maximum Gasteiger partial charge on any atom is 0.262 e. The van der Waals surface area contributed by atoms with E-state index in [1.807, 2.05) is 6.08 Å². The second kappa shape index (κ2) is 3.70. The Morgan fingerprint density at radius 2 is 1.71 bits per heavy atom. The summed E-state index contributed by atoms with van der Waals surface area (Å²) in [6.07, 6.45) is 3.41. The second-order valence-electron chi connectivity index (χ2n) is 4.21. The molecule has 1 aromatic carbocycles. The number of allylic oxidation sites excluding steroid dienone is 1. The standard InChI is InChI=1S/C13H10ClNO2/c14-10-6-3-7-11(10)15-12(16)8-4-1-2-5-9(8)13(15)17/h1-2,4-6,11H,3,7H2/t11-/m0/s1. The normalized spacial score (nSPS) is 23.0. The number of nitrogens with zero attached hydrogens (tertiary/aromatic N) is 1. The minimum atomic E-state index is -0.274. The van der Waals surface area contributed by atoms with Crippen molar-refractivity contribution in [1.29, 1.82) is 0 Å². The molecule has 0 unspecified atom stereocenters. The van der Waals surface area contributed by atoms with E-state index in [1.54, 1.807) is 24.3 Å². The summed E-state index contributed by atoms with van der Waals surface area (Å²) >= 11 is 6.05. The first-order chi connectivity index (χ1) is 8.20. The molecule has 0 saturated heterocycles. The predicted molar refractivity (Wildman–Crippen MR) is 63.9 cm³/mol.